The molecule has 6 nitrogen and oxygen atoms in total. The number of likely N-dealkylation sites (tertiary alicyclic amines) is 1. The fourth-order valence-corrected chi connectivity index (χ4v) is 4.11. The van der Waals surface area contributed by atoms with Crippen LogP contribution in [-0.4, -0.2) is 41.1 Å². The smallest absolute Gasteiger partial charge is 0.408 e. The number of oxazole rings is 1. The van der Waals surface area contributed by atoms with Gasteiger partial charge in [-0.3, -0.25) is 9.36 Å². The molecule has 1 aromatic heterocycles. The van der Waals surface area contributed by atoms with E-state index in [9.17, 15) is 9.59 Å². The van der Waals surface area contributed by atoms with Crippen LogP contribution in [0.15, 0.2) is 63.8 Å². The Morgan fingerprint density at radius 1 is 1.10 bits per heavy atom. The van der Waals surface area contributed by atoms with Gasteiger partial charge in [-0.1, -0.05) is 42.5 Å². The summed E-state index contributed by atoms with van der Waals surface area (Å²) in [6.45, 7) is 2.96. The number of nitrogens with one attached hydrogen (secondary N) is 1. The first-order chi connectivity index (χ1) is 14.2. The third-order valence-corrected chi connectivity index (χ3v) is 5.53. The molecule has 1 aliphatic rings. The highest BCUT2D eigenvalue weighted by Crippen LogP contribution is 2.13. The van der Waals surface area contributed by atoms with E-state index in [0.29, 0.717) is 11.1 Å². The number of rotatable bonds is 7. The Bertz CT molecular complexity index is 1010. The third kappa shape index (κ3) is 4.95. The number of carbonyl (C=O) groups is 1. The minimum Gasteiger partial charge on any atom is -0.408 e. The molecule has 1 aliphatic heterocycles. The number of para-hydroxylation sites is 2. The van der Waals surface area contributed by atoms with Crippen LogP contribution in [0.3, 0.4) is 0 Å². The van der Waals surface area contributed by atoms with Crippen molar-refractivity contribution in [3.8, 4) is 0 Å². The molecule has 152 valence electrons. The van der Waals surface area contributed by atoms with Gasteiger partial charge in [0.05, 0.1) is 5.52 Å². The van der Waals surface area contributed by atoms with Crippen molar-refractivity contribution in [1.29, 1.82) is 0 Å². The molecule has 0 aliphatic carbocycles. The molecule has 1 fully saturated rings. The van der Waals surface area contributed by atoms with Crippen LogP contribution >= 0.6 is 0 Å². The third-order valence-electron chi connectivity index (χ3n) is 5.53. The topological polar surface area (TPSA) is 67.5 Å². The minimum absolute atomic E-state index is 0.0135. The number of amides is 1. The zero-order chi connectivity index (χ0) is 20.1. The van der Waals surface area contributed by atoms with Gasteiger partial charge in [-0.05, 0) is 56.5 Å². The quantitative estimate of drug-likeness (QED) is 0.670. The lowest BCUT2D eigenvalue weighted by molar-refractivity contribution is -0.122. The molecule has 2 aromatic carbocycles. The van der Waals surface area contributed by atoms with Crippen LogP contribution in [0.25, 0.3) is 11.1 Å². The van der Waals surface area contributed by atoms with Crippen molar-refractivity contribution in [1.82, 2.24) is 14.8 Å². The lowest BCUT2D eigenvalue weighted by Crippen LogP contribution is -2.49. The molecule has 4 rings (SSSR count). The molecule has 1 saturated heterocycles. The predicted octanol–water partition coefficient (Wildman–Crippen LogP) is 2.81. The summed E-state index contributed by atoms with van der Waals surface area (Å²) in [5, 5.41) is 3.11. The van der Waals surface area contributed by atoms with Crippen LogP contribution in [0.5, 0.6) is 0 Å². The van der Waals surface area contributed by atoms with Gasteiger partial charge in [0, 0.05) is 12.6 Å². The maximum atomic E-state index is 12.5. The number of aryl methyl sites for hydroxylation is 1. The molecule has 1 amide bonds. The van der Waals surface area contributed by atoms with E-state index in [2.05, 4.69) is 34.5 Å². The van der Waals surface area contributed by atoms with Crippen molar-refractivity contribution < 1.29 is 9.21 Å². The average molecular weight is 393 g/mol. The summed E-state index contributed by atoms with van der Waals surface area (Å²) >= 11 is 0. The first-order valence-corrected chi connectivity index (χ1v) is 10.3. The molecule has 6 heteroatoms. The second kappa shape index (κ2) is 9.09. The van der Waals surface area contributed by atoms with E-state index in [1.165, 1.54) is 10.1 Å². The van der Waals surface area contributed by atoms with Crippen LogP contribution < -0.4 is 11.1 Å². The van der Waals surface area contributed by atoms with E-state index in [-0.39, 0.29) is 18.5 Å². The maximum absolute atomic E-state index is 12.5. The summed E-state index contributed by atoms with van der Waals surface area (Å²) < 4.78 is 6.60. The largest absolute Gasteiger partial charge is 0.420 e. The highest BCUT2D eigenvalue weighted by Gasteiger charge is 2.22. The molecule has 29 heavy (non-hydrogen) atoms. The molecule has 0 bridgehead atoms. The summed E-state index contributed by atoms with van der Waals surface area (Å²) in [5.74, 6) is -0.637. The number of piperidine rings is 1. The van der Waals surface area contributed by atoms with E-state index < -0.39 is 5.76 Å². The Labute approximate surface area is 170 Å². The fourth-order valence-electron chi connectivity index (χ4n) is 4.11. The van der Waals surface area contributed by atoms with Crippen molar-refractivity contribution in [2.24, 2.45) is 0 Å². The van der Waals surface area contributed by atoms with Gasteiger partial charge in [-0.2, -0.15) is 0 Å². The molecule has 1 atom stereocenters. The first kappa shape index (κ1) is 19.5. The summed E-state index contributed by atoms with van der Waals surface area (Å²) in [6, 6.07) is 17.8. The molecular weight excluding hydrogens is 366 g/mol. The Hall–Kier alpha value is -2.86. The zero-order valence-electron chi connectivity index (χ0n) is 16.5. The highest BCUT2D eigenvalue weighted by atomic mass is 16.4. The van der Waals surface area contributed by atoms with Crippen molar-refractivity contribution in [2.45, 2.75) is 38.3 Å². The van der Waals surface area contributed by atoms with Gasteiger partial charge < -0.3 is 14.6 Å². The van der Waals surface area contributed by atoms with Gasteiger partial charge in [0.25, 0.3) is 0 Å². The molecule has 2 heterocycles. The molecule has 0 radical (unpaired) electrons. The fraction of sp³-hybridized carbons (Fsp3) is 0.391. The Kier molecular flexibility index (Phi) is 6.10. The SMILES string of the molecule is O=C(Cn1c(=O)oc2ccccc21)N[C@H]1CCCN(CCCc2ccccc2)C1. The van der Waals surface area contributed by atoms with Gasteiger partial charge in [-0.15, -0.1) is 0 Å². The summed E-state index contributed by atoms with van der Waals surface area (Å²) in [5.41, 5.74) is 2.53. The van der Waals surface area contributed by atoms with Crippen molar-refractivity contribution >= 4 is 17.0 Å². The number of fused-ring (bicyclic) bond motifs is 1. The van der Waals surface area contributed by atoms with Crippen LogP contribution in [0.1, 0.15) is 24.8 Å². The molecule has 0 spiro atoms. The maximum Gasteiger partial charge on any atom is 0.420 e. The predicted molar refractivity (Wildman–Crippen MR) is 113 cm³/mol. The minimum atomic E-state index is -0.493. The second-order valence-corrected chi connectivity index (χ2v) is 7.72. The highest BCUT2D eigenvalue weighted by molar-refractivity contribution is 5.79. The van der Waals surface area contributed by atoms with E-state index in [0.717, 1.165) is 45.3 Å². The van der Waals surface area contributed by atoms with Gasteiger partial charge in [-0.25, -0.2) is 4.79 Å². The summed E-state index contributed by atoms with van der Waals surface area (Å²) in [7, 11) is 0. The number of aromatic nitrogens is 1. The van der Waals surface area contributed by atoms with Crippen LogP contribution in [0.2, 0.25) is 0 Å². The summed E-state index contributed by atoms with van der Waals surface area (Å²) in [6.07, 6.45) is 4.23. The van der Waals surface area contributed by atoms with E-state index in [4.69, 9.17) is 4.42 Å². The number of carbonyl (C=O) groups excluding carboxylic acids is 1. The van der Waals surface area contributed by atoms with Crippen LogP contribution in [0, 0.1) is 0 Å². The lowest BCUT2D eigenvalue weighted by Gasteiger charge is -2.33. The second-order valence-electron chi connectivity index (χ2n) is 7.72. The zero-order valence-corrected chi connectivity index (χ0v) is 16.5. The monoisotopic (exact) mass is 393 g/mol. The van der Waals surface area contributed by atoms with Gasteiger partial charge in [0.15, 0.2) is 5.58 Å². The molecule has 0 saturated carbocycles. The number of benzene rings is 2. The average Bonchev–Trinajstić information content (AvgIpc) is 3.04. The van der Waals surface area contributed by atoms with E-state index >= 15 is 0 Å². The molecule has 1 N–H and O–H groups in total. The van der Waals surface area contributed by atoms with Crippen LogP contribution in [-0.2, 0) is 17.8 Å². The molecule has 3 aromatic rings. The first-order valence-electron chi connectivity index (χ1n) is 10.3. The van der Waals surface area contributed by atoms with Gasteiger partial charge in [0.1, 0.15) is 6.54 Å². The Balaban J connectivity index is 1.28. The lowest BCUT2D eigenvalue weighted by atomic mass is 10.0. The molecule has 0 unspecified atom stereocenters. The summed E-state index contributed by atoms with van der Waals surface area (Å²) in [4.78, 5) is 27.0. The number of nitrogens with zero attached hydrogens (tertiary/aromatic N) is 2. The van der Waals surface area contributed by atoms with Crippen molar-refractivity contribution in [3.05, 3.63) is 70.7 Å². The number of hydrogen-bond donors (Lipinski definition) is 1. The normalized spacial score (nSPS) is 17.4. The van der Waals surface area contributed by atoms with Gasteiger partial charge >= 0.3 is 5.76 Å². The van der Waals surface area contributed by atoms with Gasteiger partial charge in [0.2, 0.25) is 5.91 Å². The van der Waals surface area contributed by atoms with Crippen molar-refractivity contribution in [2.75, 3.05) is 19.6 Å². The molecular formula is C23H27N3O3. The number of hydrogen-bond acceptors (Lipinski definition) is 4. The van der Waals surface area contributed by atoms with Crippen molar-refractivity contribution in [3.63, 3.8) is 0 Å². The Morgan fingerprint density at radius 2 is 1.90 bits per heavy atom. The van der Waals surface area contributed by atoms with E-state index in [1.807, 2.05) is 18.2 Å². The Morgan fingerprint density at radius 3 is 2.76 bits per heavy atom. The standard InChI is InChI=1S/C23H27N3O3/c27-22(17-26-20-12-4-5-13-21(20)29-23(26)28)24-19-11-7-15-25(16-19)14-6-10-18-8-2-1-3-9-18/h1-5,8-9,12-13,19H,6-7,10-11,14-17H2,(H,24,27)/t19-/m0/s1. The van der Waals surface area contributed by atoms with E-state index in [1.54, 1.807) is 12.1 Å². The van der Waals surface area contributed by atoms with Crippen LogP contribution in [0.4, 0.5) is 0 Å².